The minimum absolute atomic E-state index is 0.0763. The van der Waals surface area contributed by atoms with Crippen molar-refractivity contribution in [1.29, 1.82) is 0 Å². The summed E-state index contributed by atoms with van der Waals surface area (Å²) in [5.41, 5.74) is 2.68. The summed E-state index contributed by atoms with van der Waals surface area (Å²) < 4.78 is 25.8. The van der Waals surface area contributed by atoms with Gasteiger partial charge in [-0.2, -0.15) is 0 Å². The molecule has 6 heteroatoms. The Kier molecular flexibility index (Phi) is 6.58. The molecule has 0 amide bonds. The Labute approximate surface area is 171 Å². The highest BCUT2D eigenvalue weighted by molar-refractivity contribution is 9.10. The maximum atomic E-state index is 13.3. The van der Waals surface area contributed by atoms with Crippen LogP contribution in [0.3, 0.4) is 0 Å². The molecule has 0 bridgehead atoms. The first kappa shape index (κ1) is 19.5. The molecule has 0 heterocycles. The van der Waals surface area contributed by atoms with Crippen LogP contribution in [0.2, 0.25) is 5.02 Å². The molecule has 3 rings (SSSR count). The summed E-state index contributed by atoms with van der Waals surface area (Å²) in [5, 5.41) is 3.31. The zero-order valence-corrected chi connectivity index (χ0v) is 17.0. The number of benzene rings is 3. The first-order valence-electron chi connectivity index (χ1n) is 8.29. The molecule has 3 nitrogen and oxygen atoms in total. The van der Waals surface area contributed by atoms with Crippen molar-refractivity contribution in [2.45, 2.75) is 13.2 Å². The third-order valence-corrected chi connectivity index (χ3v) is 4.69. The van der Waals surface area contributed by atoms with Gasteiger partial charge >= 0.3 is 0 Å². The summed E-state index contributed by atoms with van der Waals surface area (Å²) in [7, 11) is 1.61. The van der Waals surface area contributed by atoms with Gasteiger partial charge < -0.3 is 14.8 Å². The van der Waals surface area contributed by atoms with Crippen LogP contribution in [0, 0.1) is 5.82 Å². The molecule has 140 valence electrons. The van der Waals surface area contributed by atoms with Crippen molar-refractivity contribution in [3.8, 4) is 11.5 Å². The Balaban J connectivity index is 1.81. The van der Waals surface area contributed by atoms with Crippen molar-refractivity contribution in [2.24, 2.45) is 0 Å². The number of hydrogen-bond donors (Lipinski definition) is 1. The van der Waals surface area contributed by atoms with Crippen LogP contribution in [-0.4, -0.2) is 7.11 Å². The SMILES string of the molecule is COc1cc(Br)cc(CNc2ccc(F)c(Cl)c2)c1OCc1ccccc1. The number of hydrogen-bond acceptors (Lipinski definition) is 3. The Morgan fingerprint density at radius 3 is 2.56 bits per heavy atom. The maximum absolute atomic E-state index is 13.3. The molecule has 0 aromatic heterocycles. The van der Waals surface area contributed by atoms with E-state index in [0.29, 0.717) is 30.3 Å². The van der Waals surface area contributed by atoms with Gasteiger partial charge in [-0.3, -0.25) is 0 Å². The number of halogens is 3. The zero-order chi connectivity index (χ0) is 19.2. The summed E-state index contributed by atoms with van der Waals surface area (Å²) in [6, 6.07) is 18.3. The molecule has 0 radical (unpaired) electrons. The van der Waals surface area contributed by atoms with Crippen LogP contribution in [0.25, 0.3) is 0 Å². The lowest BCUT2D eigenvalue weighted by Crippen LogP contribution is -2.05. The molecule has 0 unspecified atom stereocenters. The van der Waals surface area contributed by atoms with Gasteiger partial charge in [0.05, 0.1) is 12.1 Å². The fourth-order valence-electron chi connectivity index (χ4n) is 2.60. The van der Waals surface area contributed by atoms with Crippen LogP contribution in [0.4, 0.5) is 10.1 Å². The molecule has 0 aliphatic rings. The minimum atomic E-state index is -0.446. The van der Waals surface area contributed by atoms with Crippen LogP contribution >= 0.6 is 27.5 Å². The second kappa shape index (κ2) is 9.11. The second-order valence-corrected chi connectivity index (χ2v) is 7.18. The van der Waals surface area contributed by atoms with Crippen molar-refractivity contribution in [3.05, 3.63) is 87.1 Å². The van der Waals surface area contributed by atoms with E-state index in [9.17, 15) is 4.39 Å². The average Bonchev–Trinajstić information content (AvgIpc) is 2.68. The highest BCUT2D eigenvalue weighted by atomic mass is 79.9. The van der Waals surface area contributed by atoms with Crippen LogP contribution in [-0.2, 0) is 13.2 Å². The molecule has 27 heavy (non-hydrogen) atoms. The van der Waals surface area contributed by atoms with E-state index in [0.717, 1.165) is 15.6 Å². The quantitative estimate of drug-likeness (QED) is 0.449. The van der Waals surface area contributed by atoms with Crippen molar-refractivity contribution in [3.63, 3.8) is 0 Å². The number of nitrogens with one attached hydrogen (secondary N) is 1. The number of anilines is 1. The second-order valence-electron chi connectivity index (χ2n) is 5.85. The van der Waals surface area contributed by atoms with Crippen LogP contribution in [0.1, 0.15) is 11.1 Å². The van der Waals surface area contributed by atoms with E-state index < -0.39 is 5.82 Å². The van der Waals surface area contributed by atoms with Crippen molar-refractivity contribution < 1.29 is 13.9 Å². The normalized spacial score (nSPS) is 10.5. The molecular weight excluding hydrogens is 433 g/mol. The molecular formula is C21H18BrClFNO2. The topological polar surface area (TPSA) is 30.5 Å². The monoisotopic (exact) mass is 449 g/mol. The fourth-order valence-corrected chi connectivity index (χ4v) is 3.27. The van der Waals surface area contributed by atoms with Crippen molar-refractivity contribution >= 4 is 33.2 Å². The molecule has 3 aromatic carbocycles. The lowest BCUT2D eigenvalue weighted by molar-refractivity contribution is 0.281. The van der Waals surface area contributed by atoms with Gasteiger partial charge in [0.1, 0.15) is 12.4 Å². The smallest absolute Gasteiger partial charge is 0.166 e. The summed E-state index contributed by atoms with van der Waals surface area (Å²) in [6.07, 6.45) is 0. The van der Waals surface area contributed by atoms with Crippen LogP contribution < -0.4 is 14.8 Å². The maximum Gasteiger partial charge on any atom is 0.166 e. The standard InChI is InChI=1S/C21H18BrClFNO2/c1-26-20-10-16(22)9-15(12-25-17-7-8-19(24)18(23)11-17)21(20)27-13-14-5-3-2-4-6-14/h2-11,25H,12-13H2,1H3. The Morgan fingerprint density at radius 1 is 1.07 bits per heavy atom. The summed E-state index contributed by atoms with van der Waals surface area (Å²) in [4.78, 5) is 0. The number of methoxy groups -OCH3 is 1. The van der Waals surface area contributed by atoms with Gasteiger partial charge in [0.2, 0.25) is 0 Å². The van der Waals surface area contributed by atoms with E-state index in [-0.39, 0.29) is 5.02 Å². The number of rotatable bonds is 7. The third kappa shape index (κ3) is 5.15. The summed E-state index contributed by atoms with van der Waals surface area (Å²) >= 11 is 9.35. The molecule has 0 aliphatic heterocycles. The summed E-state index contributed by atoms with van der Waals surface area (Å²) in [6.45, 7) is 0.885. The predicted molar refractivity (Wildman–Crippen MR) is 110 cm³/mol. The van der Waals surface area contributed by atoms with Gasteiger partial charge in [-0.15, -0.1) is 0 Å². The van der Waals surface area contributed by atoms with E-state index >= 15 is 0 Å². The zero-order valence-electron chi connectivity index (χ0n) is 14.6. The van der Waals surface area contributed by atoms with Crippen LogP contribution in [0.5, 0.6) is 11.5 Å². The first-order valence-corrected chi connectivity index (χ1v) is 9.46. The molecule has 3 aromatic rings. The van der Waals surface area contributed by atoms with E-state index in [1.165, 1.54) is 6.07 Å². The van der Waals surface area contributed by atoms with Gasteiger partial charge in [0, 0.05) is 22.3 Å². The van der Waals surface area contributed by atoms with E-state index in [2.05, 4.69) is 21.2 Å². The Bertz CT molecular complexity index is 922. The predicted octanol–water partition coefficient (Wildman–Crippen LogP) is 6.44. The largest absolute Gasteiger partial charge is 0.493 e. The Morgan fingerprint density at radius 2 is 1.85 bits per heavy atom. The molecule has 0 spiro atoms. The van der Waals surface area contributed by atoms with E-state index in [1.54, 1.807) is 19.2 Å². The molecule has 0 fully saturated rings. The van der Waals surface area contributed by atoms with Gasteiger partial charge in [-0.1, -0.05) is 57.9 Å². The molecule has 0 saturated carbocycles. The van der Waals surface area contributed by atoms with Gasteiger partial charge in [0.25, 0.3) is 0 Å². The molecule has 1 N–H and O–H groups in total. The lowest BCUT2D eigenvalue weighted by Gasteiger charge is -2.17. The number of ether oxygens (including phenoxy) is 2. The van der Waals surface area contributed by atoms with E-state index in [1.807, 2.05) is 42.5 Å². The van der Waals surface area contributed by atoms with Crippen LogP contribution in [0.15, 0.2) is 65.1 Å². The molecule has 0 atom stereocenters. The minimum Gasteiger partial charge on any atom is -0.493 e. The first-order chi connectivity index (χ1) is 13.1. The molecule has 0 aliphatic carbocycles. The fraction of sp³-hybridized carbons (Fsp3) is 0.143. The van der Waals surface area contributed by atoms with Gasteiger partial charge in [-0.05, 0) is 35.9 Å². The van der Waals surface area contributed by atoms with Gasteiger partial charge in [-0.25, -0.2) is 4.39 Å². The van der Waals surface area contributed by atoms with Crippen molar-refractivity contribution in [2.75, 3.05) is 12.4 Å². The summed E-state index contributed by atoms with van der Waals surface area (Å²) in [5.74, 6) is 0.845. The van der Waals surface area contributed by atoms with Gasteiger partial charge in [0.15, 0.2) is 11.5 Å². The highest BCUT2D eigenvalue weighted by Gasteiger charge is 2.13. The molecule has 0 saturated heterocycles. The average molecular weight is 451 g/mol. The van der Waals surface area contributed by atoms with E-state index in [4.69, 9.17) is 21.1 Å². The Hall–Kier alpha value is -2.24. The van der Waals surface area contributed by atoms with Crippen molar-refractivity contribution in [1.82, 2.24) is 0 Å². The lowest BCUT2D eigenvalue weighted by atomic mass is 10.1. The third-order valence-electron chi connectivity index (χ3n) is 3.95. The highest BCUT2D eigenvalue weighted by Crippen LogP contribution is 2.36.